The normalized spacial score (nSPS) is 11.8. The monoisotopic (exact) mass is 308 g/mol. The number of rotatable bonds is 3. The van der Waals surface area contributed by atoms with Crippen molar-refractivity contribution in [3.05, 3.63) is 59.1 Å². The molecule has 0 fully saturated rings. The summed E-state index contributed by atoms with van der Waals surface area (Å²) in [5.41, 5.74) is 0.140. The van der Waals surface area contributed by atoms with Crippen molar-refractivity contribution in [2.24, 2.45) is 0 Å². The number of nitrogens with zero attached hydrogens (tertiary/aromatic N) is 1. The minimum atomic E-state index is -4.30. The zero-order chi connectivity index (χ0) is 14.9. The van der Waals surface area contributed by atoms with Crippen molar-refractivity contribution < 1.29 is 13.2 Å². The largest absolute Gasteiger partial charge is 0.416 e. The van der Waals surface area contributed by atoms with E-state index in [9.17, 15) is 13.2 Å². The Morgan fingerprint density at radius 1 is 1.05 bits per heavy atom. The number of hydrogen-bond acceptors (Lipinski definition) is 3. The maximum atomic E-state index is 12.5. The summed E-state index contributed by atoms with van der Waals surface area (Å²) in [5, 5.41) is 6.17. The zero-order valence-electron chi connectivity index (χ0n) is 10.8. The van der Waals surface area contributed by atoms with Crippen LogP contribution in [0.4, 0.5) is 19.0 Å². The molecule has 0 bridgehead atoms. The summed E-state index contributed by atoms with van der Waals surface area (Å²) in [4.78, 5) is 4.27. The molecule has 0 aliphatic carbocycles. The highest BCUT2D eigenvalue weighted by Gasteiger charge is 2.29. The minimum Gasteiger partial charge on any atom is -0.365 e. The van der Waals surface area contributed by atoms with Gasteiger partial charge in [0.2, 0.25) is 0 Å². The summed E-state index contributed by atoms with van der Waals surface area (Å²) in [7, 11) is 0. The van der Waals surface area contributed by atoms with Crippen molar-refractivity contribution in [3.8, 4) is 0 Å². The molecule has 3 aromatic rings. The van der Waals surface area contributed by atoms with Crippen LogP contribution in [0.5, 0.6) is 0 Å². The van der Waals surface area contributed by atoms with E-state index < -0.39 is 11.7 Å². The molecule has 0 radical (unpaired) electrons. The van der Waals surface area contributed by atoms with Gasteiger partial charge in [-0.15, -0.1) is 11.3 Å². The first-order chi connectivity index (χ1) is 10.0. The van der Waals surface area contributed by atoms with Crippen LogP contribution in [0, 0.1) is 0 Å². The summed E-state index contributed by atoms with van der Waals surface area (Å²) in [5.74, 6) is 0.744. The van der Waals surface area contributed by atoms with Crippen LogP contribution >= 0.6 is 11.3 Å². The Bertz CT molecular complexity index is 747. The third-order valence-corrected chi connectivity index (χ3v) is 4.00. The minimum absolute atomic E-state index is 0.431. The van der Waals surface area contributed by atoms with Gasteiger partial charge in [0.05, 0.1) is 5.56 Å². The molecule has 3 rings (SSSR count). The molecule has 2 aromatic heterocycles. The number of pyridine rings is 1. The summed E-state index contributed by atoms with van der Waals surface area (Å²) < 4.78 is 38.6. The summed E-state index contributed by atoms with van der Waals surface area (Å²) in [6.07, 6.45) is -2.58. The van der Waals surface area contributed by atoms with Gasteiger partial charge in [-0.25, -0.2) is 4.98 Å². The van der Waals surface area contributed by atoms with Gasteiger partial charge in [0.1, 0.15) is 5.82 Å². The van der Waals surface area contributed by atoms with E-state index in [0.29, 0.717) is 6.54 Å². The van der Waals surface area contributed by atoms with Gasteiger partial charge >= 0.3 is 6.18 Å². The molecular weight excluding hydrogens is 297 g/mol. The summed E-state index contributed by atoms with van der Waals surface area (Å²) in [6, 6.07) is 9.05. The molecule has 0 atom stereocenters. The number of nitrogens with one attached hydrogen (secondary N) is 1. The van der Waals surface area contributed by atoms with Gasteiger partial charge < -0.3 is 5.32 Å². The number of fused-ring (bicyclic) bond motifs is 1. The highest BCUT2D eigenvalue weighted by atomic mass is 32.1. The van der Waals surface area contributed by atoms with Crippen molar-refractivity contribution in [2.45, 2.75) is 12.7 Å². The SMILES string of the molecule is FC(F)(F)c1ccc(CNc2nccc3sccc23)cc1. The number of thiophene rings is 1. The van der Waals surface area contributed by atoms with Crippen LogP contribution < -0.4 is 5.32 Å². The average molecular weight is 308 g/mol. The Morgan fingerprint density at radius 3 is 2.52 bits per heavy atom. The molecule has 0 aliphatic heterocycles. The third-order valence-electron chi connectivity index (χ3n) is 3.12. The number of benzene rings is 1. The average Bonchev–Trinajstić information content (AvgIpc) is 2.93. The Morgan fingerprint density at radius 2 is 1.81 bits per heavy atom. The first-order valence-electron chi connectivity index (χ1n) is 6.26. The quantitative estimate of drug-likeness (QED) is 0.742. The van der Waals surface area contributed by atoms with Crippen LogP contribution in [0.2, 0.25) is 0 Å². The lowest BCUT2D eigenvalue weighted by Crippen LogP contribution is -2.06. The second-order valence-electron chi connectivity index (χ2n) is 4.54. The van der Waals surface area contributed by atoms with E-state index in [1.54, 1.807) is 17.5 Å². The molecule has 2 nitrogen and oxygen atoms in total. The summed E-state index contributed by atoms with van der Waals surface area (Å²) in [6.45, 7) is 0.431. The third kappa shape index (κ3) is 3.00. The Balaban J connectivity index is 1.74. The zero-order valence-corrected chi connectivity index (χ0v) is 11.6. The molecule has 1 N–H and O–H groups in total. The first kappa shape index (κ1) is 13.9. The van der Waals surface area contributed by atoms with E-state index >= 15 is 0 Å². The van der Waals surface area contributed by atoms with Crippen molar-refractivity contribution in [1.82, 2.24) is 4.98 Å². The van der Waals surface area contributed by atoms with Crippen molar-refractivity contribution in [2.75, 3.05) is 5.32 Å². The van der Waals surface area contributed by atoms with E-state index in [4.69, 9.17) is 0 Å². The molecule has 0 unspecified atom stereocenters. The number of halogens is 3. The summed E-state index contributed by atoms with van der Waals surface area (Å²) >= 11 is 1.62. The maximum Gasteiger partial charge on any atom is 0.416 e. The van der Waals surface area contributed by atoms with Crippen molar-refractivity contribution in [3.63, 3.8) is 0 Å². The van der Waals surface area contributed by atoms with E-state index in [0.717, 1.165) is 33.6 Å². The predicted octanol–water partition coefficient (Wildman–Crippen LogP) is 4.93. The molecule has 0 aliphatic rings. The number of aromatic nitrogens is 1. The topological polar surface area (TPSA) is 24.9 Å². The van der Waals surface area contributed by atoms with Crippen LogP contribution in [0.3, 0.4) is 0 Å². The second kappa shape index (κ2) is 5.37. The van der Waals surface area contributed by atoms with Crippen LogP contribution in [0.1, 0.15) is 11.1 Å². The predicted molar refractivity (Wildman–Crippen MR) is 78.4 cm³/mol. The van der Waals surface area contributed by atoms with Gasteiger partial charge in [-0.2, -0.15) is 13.2 Å². The van der Waals surface area contributed by atoms with Crippen molar-refractivity contribution in [1.29, 1.82) is 0 Å². The van der Waals surface area contributed by atoms with Gasteiger partial charge in [-0.1, -0.05) is 12.1 Å². The maximum absolute atomic E-state index is 12.5. The molecular formula is C15H11F3N2S. The lowest BCUT2D eigenvalue weighted by atomic mass is 10.1. The molecule has 0 saturated heterocycles. The molecule has 1 aromatic carbocycles. The van der Waals surface area contributed by atoms with E-state index in [-0.39, 0.29) is 0 Å². The Kier molecular flexibility index (Phi) is 3.55. The first-order valence-corrected chi connectivity index (χ1v) is 7.14. The molecule has 21 heavy (non-hydrogen) atoms. The van der Waals surface area contributed by atoms with Crippen molar-refractivity contribution >= 4 is 27.2 Å². The van der Waals surface area contributed by atoms with Gasteiger partial charge in [-0.3, -0.25) is 0 Å². The fraction of sp³-hybridized carbons (Fsp3) is 0.133. The molecule has 2 heterocycles. The van der Waals surface area contributed by atoms with E-state index in [2.05, 4.69) is 10.3 Å². The lowest BCUT2D eigenvalue weighted by molar-refractivity contribution is -0.137. The molecule has 108 valence electrons. The number of alkyl halides is 3. The molecule has 0 amide bonds. The van der Waals surface area contributed by atoms with Crippen LogP contribution in [0.25, 0.3) is 10.1 Å². The van der Waals surface area contributed by atoms with Crippen LogP contribution in [-0.4, -0.2) is 4.98 Å². The molecule has 6 heteroatoms. The highest BCUT2D eigenvalue weighted by Crippen LogP contribution is 2.29. The highest BCUT2D eigenvalue weighted by molar-refractivity contribution is 7.17. The van der Waals surface area contributed by atoms with Gasteiger partial charge in [0.25, 0.3) is 0 Å². The molecule has 0 spiro atoms. The van der Waals surface area contributed by atoms with Crippen LogP contribution in [-0.2, 0) is 12.7 Å². The fourth-order valence-electron chi connectivity index (χ4n) is 2.03. The number of hydrogen-bond donors (Lipinski definition) is 1. The van der Waals surface area contributed by atoms with E-state index in [1.165, 1.54) is 12.1 Å². The Hall–Kier alpha value is -2.08. The van der Waals surface area contributed by atoms with Gasteiger partial charge in [0, 0.05) is 22.8 Å². The fourth-order valence-corrected chi connectivity index (χ4v) is 2.81. The van der Waals surface area contributed by atoms with Gasteiger partial charge in [0.15, 0.2) is 0 Å². The smallest absolute Gasteiger partial charge is 0.365 e. The van der Waals surface area contributed by atoms with Gasteiger partial charge in [-0.05, 0) is 35.2 Å². The number of anilines is 1. The second-order valence-corrected chi connectivity index (χ2v) is 5.49. The van der Waals surface area contributed by atoms with E-state index in [1.807, 2.05) is 17.5 Å². The molecule has 0 saturated carbocycles. The standard InChI is InChI=1S/C15H11F3N2S/c16-15(17,18)11-3-1-10(2-4-11)9-20-14-12-6-8-21-13(12)5-7-19-14/h1-8H,9H2,(H,19,20). The lowest BCUT2D eigenvalue weighted by Gasteiger charge is -2.09. The van der Waals surface area contributed by atoms with Crippen LogP contribution in [0.15, 0.2) is 48.0 Å². The Labute approximate surface area is 123 Å².